The Kier molecular flexibility index (Phi) is 9.05. The molecule has 260 valence electrons. The van der Waals surface area contributed by atoms with Crippen molar-refractivity contribution in [1.82, 2.24) is 0 Å². The standard InChI is InChI=1S/C23H29.C21H12Cl2.C5H5.Zr/c1-14-9-16-11-17-10-15(2)21(23(6,7)8)13-19(17)18(16)12-20(14)22(3,4)5;22-20-11-9-14(16-5-1-3-7-18(16)20)13-15-10-12-21(23)19-8-4-2-6-17(15)19;1-2-4-5-3-1;/h9,12-13H,11H2,1-8H3;1-12H;1-3H,4H2;. The Morgan fingerprint density at radius 2 is 1.17 bits per heavy atom. The van der Waals surface area contributed by atoms with Crippen LogP contribution in [0.2, 0.25) is 10.0 Å². The van der Waals surface area contributed by atoms with Gasteiger partial charge in [-0.25, -0.2) is 0 Å². The Balaban J connectivity index is 1.59. The van der Waals surface area contributed by atoms with Crippen molar-refractivity contribution in [3.63, 3.8) is 0 Å². The van der Waals surface area contributed by atoms with Gasteiger partial charge in [-0.3, -0.25) is 0 Å². The first-order valence-electron chi connectivity index (χ1n) is 18.5. The molecule has 0 unspecified atom stereocenters. The molecule has 6 aromatic rings. The summed E-state index contributed by atoms with van der Waals surface area (Å²) in [6.45, 7) is 18.9. The van der Waals surface area contributed by atoms with Gasteiger partial charge < -0.3 is 0 Å². The molecule has 3 heteroatoms. The molecule has 0 N–H and O–H groups in total. The van der Waals surface area contributed by atoms with Crippen molar-refractivity contribution in [2.24, 2.45) is 0 Å². The van der Waals surface area contributed by atoms with E-state index in [4.69, 9.17) is 23.2 Å². The molecule has 0 aromatic heterocycles. The Hall–Kier alpha value is -3.35. The second kappa shape index (κ2) is 13.2. The molecule has 0 fully saturated rings. The summed E-state index contributed by atoms with van der Waals surface area (Å²) >= 11 is 10.8. The topological polar surface area (TPSA) is 0 Å². The molecule has 8 rings (SSSR count). The summed E-state index contributed by atoms with van der Waals surface area (Å²) in [6.07, 6.45) is 9.08. The number of fused-ring (bicyclic) bond motifs is 5. The van der Waals surface area contributed by atoms with Crippen LogP contribution in [-0.4, -0.2) is 3.21 Å². The van der Waals surface area contributed by atoms with Crippen LogP contribution in [0, 0.1) is 13.8 Å². The van der Waals surface area contributed by atoms with Gasteiger partial charge >= 0.3 is 330 Å². The van der Waals surface area contributed by atoms with Gasteiger partial charge in [-0.15, -0.1) is 0 Å². The monoisotopic (exact) mass is 794 g/mol. The minimum atomic E-state index is -3.11. The second-order valence-electron chi connectivity index (χ2n) is 16.8. The molecule has 0 bridgehead atoms. The third-order valence-corrected chi connectivity index (χ3v) is 19.9. The molecular formula is C49H46Cl2Zr. The maximum absolute atomic E-state index is 6.97. The van der Waals surface area contributed by atoms with Crippen molar-refractivity contribution in [2.75, 3.05) is 0 Å². The van der Waals surface area contributed by atoms with Gasteiger partial charge in [0.15, 0.2) is 0 Å². The van der Waals surface area contributed by atoms with Crippen LogP contribution in [-0.2, 0) is 38.5 Å². The van der Waals surface area contributed by atoms with Gasteiger partial charge in [0.05, 0.1) is 0 Å². The van der Waals surface area contributed by atoms with E-state index >= 15 is 0 Å². The molecule has 0 heterocycles. The fraction of sp³-hybridized carbons (Fsp3) is 0.245. The Labute approximate surface area is 327 Å². The van der Waals surface area contributed by atoms with Crippen LogP contribution in [0.3, 0.4) is 0 Å². The number of rotatable bonds is 4. The van der Waals surface area contributed by atoms with Gasteiger partial charge in [-0.2, -0.15) is 0 Å². The summed E-state index contributed by atoms with van der Waals surface area (Å²) in [5.74, 6) is 0. The number of benzene rings is 6. The molecule has 0 radical (unpaired) electrons. The zero-order valence-corrected chi connectivity index (χ0v) is 35.5. The third-order valence-electron chi connectivity index (χ3n) is 11.3. The molecular weight excluding hydrogens is 751 g/mol. The van der Waals surface area contributed by atoms with Gasteiger partial charge in [0.2, 0.25) is 0 Å². The number of halogens is 2. The summed E-state index contributed by atoms with van der Waals surface area (Å²) in [4.78, 5) is 0. The van der Waals surface area contributed by atoms with Crippen LogP contribution >= 0.6 is 23.2 Å². The zero-order chi connectivity index (χ0) is 36.7. The summed E-state index contributed by atoms with van der Waals surface area (Å²) in [7, 11) is 0. The summed E-state index contributed by atoms with van der Waals surface area (Å²) in [6, 6.07) is 33.9. The normalized spacial score (nSPS) is 13.8. The SMILES string of the molecule is Cc1cc2c(cc1C(C)(C)C)-c1cc(C(C)(C)C)c(C)[c]([Zr]([C]3=CC=CC3)=[C](c3ccc(Cl)c4ccccc34)c3ccc(Cl)c4ccccc34)c1C2. The number of allylic oxidation sites excluding steroid dienone is 4. The van der Waals surface area contributed by atoms with Gasteiger partial charge in [0.25, 0.3) is 0 Å². The number of hydrogen-bond acceptors (Lipinski definition) is 0. The predicted molar refractivity (Wildman–Crippen MR) is 224 cm³/mol. The first-order chi connectivity index (χ1) is 24.7. The molecule has 0 spiro atoms. The Morgan fingerprint density at radius 1 is 0.635 bits per heavy atom. The molecule has 0 aliphatic heterocycles. The number of hydrogen-bond donors (Lipinski definition) is 0. The van der Waals surface area contributed by atoms with Gasteiger partial charge in [0.1, 0.15) is 0 Å². The average Bonchev–Trinajstić information content (AvgIpc) is 3.75. The molecule has 0 nitrogen and oxygen atoms in total. The predicted octanol–water partition coefficient (Wildman–Crippen LogP) is 13.4. The Bertz CT molecular complexity index is 2480. The van der Waals surface area contributed by atoms with Crippen LogP contribution in [0.15, 0.2) is 113 Å². The van der Waals surface area contributed by atoms with E-state index < -0.39 is 21.3 Å². The van der Waals surface area contributed by atoms with E-state index in [0.717, 1.165) is 33.7 Å². The molecule has 52 heavy (non-hydrogen) atoms. The van der Waals surface area contributed by atoms with Crippen molar-refractivity contribution >= 4 is 51.2 Å². The van der Waals surface area contributed by atoms with Crippen molar-refractivity contribution in [2.45, 2.75) is 79.1 Å². The molecule has 0 atom stereocenters. The van der Waals surface area contributed by atoms with Crippen LogP contribution in [0.5, 0.6) is 0 Å². The van der Waals surface area contributed by atoms with E-state index in [9.17, 15) is 0 Å². The van der Waals surface area contributed by atoms with E-state index in [1.54, 1.807) is 12.1 Å². The first-order valence-corrected chi connectivity index (χ1v) is 23.0. The summed E-state index contributed by atoms with van der Waals surface area (Å²) in [5.41, 5.74) is 14.3. The van der Waals surface area contributed by atoms with E-state index in [-0.39, 0.29) is 10.8 Å². The van der Waals surface area contributed by atoms with Crippen LogP contribution in [0.1, 0.15) is 92.5 Å². The van der Waals surface area contributed by atoms with Crippen molar-refractivity contribution in [1.29, 1.82) is 0 Å². The number of aryl methyl sites for hydroxylation is 1. The van der Waals surface area contributed by atoms with Gasteiger partial charge in [-0.05, 0) is 0 Å². The molecule has 0 saturated heterocycles. The van der Waals surface area contributed by atoms with E-state index in [1.165, 1.54) is 64.0 Å². The van der Waals surface area contributed by atoms with Crippen molar-refractivity contribution in [3.8, 4) is 11.1 Å². The first kappa shape index (κ1) is 35.7. The van der Waals surface area contributed by atoms with E-state index in [2.05, 4.69) is 165 Å². The Morgan fingerprint density at radius 3 is 1.69 bits per heavy atom. The molecule has 6 aromatic carbocycles. The quantitative estimate of drug-likeness (QED) is 0.166. The third kappa shape index (κ3) is 5.97. The van der Waals surface area contributed by atoms with Crippen LogP contribution < -0.4 is 3.27 Å². The van der Waals surface area contributed by atoms with E-state index in [1.807, 2.05) is 0 Å². The average molecular weight is 797 g/mol. The fourth-order valence-corrected chi connectivity index (χ4v) is 18.0. The maximum atomic E-state index is 6.97. The molecule has 0 saturated carbocycles. The molecule has 2 aliphatic rings. The van der Waals surface area contributed by atoms with Crippen molar-refractivity contribution in [3.05, 3.63) is 167 Å². The fourth-order valence-electron chi connectivity index (χ4n) is 8.99. The summed E-state index contributed by atoms with van der Waals surface area (Å²) < 4.78 is 4.74. The van der Waals surface area contributed by atoms with Gasteiger partial charge in [-0.1, -0.05) is 0 Å². The summed E-state index contributed by atoms with van der Waals surface area (Å²) in [5, 5.41) is 6.20. The van der Waals surface area contributed by atoms with Crippen LogP contribution in [0.4, 0.5) is 0 Å². The molecule has 0 amide bonds. The molecule has 2 aliphatic carbocycles. The second-order valence-corrected chi connectivity index (χ2v) is 23.5. The van der Waals surface area contributed by atoms with Crippen LogP contribution in [0.25, 0.3) is 32.7 Å². The van der Waals surface area contributed by atoms with E-state index in [0.29, 0.717) is 0 Å². The minimum absolute atomic E-state index is 0.0230. The van der Waals surface area contributed by atoms with Crippen molar-refractivity contribution < 1.29 is 21.3 Å². The zero-order valence-electron chi connectivity index (χ0n) is 31.6. The van der Waals surface area contributed by atoms with Gasteiger partial charge in [0, 0.05) is 0 Å².